The lowest BCUT2D eigenvalue weighted by molar-refractivity contribution is 0.660. The van der Waals surface area contributed by atoms with Gasteiger partial charge in [-0.2, -0.15) is 0 Å². The third-order valence-corrected chi connectivity index (χ3v) is 26.7. The number of rotatable bonds is 10. The first-order valence-corrected chi connectivity index (χ1v) is 40.8. The molecule has 546 valence electrons. The van der Waals surface area contributed by atoms with Gasteiger partial charge in [-0.15, -0.1) is 0 Å². The van der Waals surface area contributed by atoms with Crippen LogP contribution in [0.3, 0.4) is 0 Å². The molecule has 4 heteroatoms. The Bertz CT molecular complexity index is 7560. The molecule has 0 saturated heterocycles. The Kier molecular flexibility index (Phi) is 13.8. The molecule has 4 nitrogen and oxygen atoms in total. The SMILES string of the molecule is CC1(C)c2ccc(N(c3ccc(-c4ccccc4)cc3)c3ccc(-c4cccc5c4-c4ccccc4C54c5ccccc5-c5ccccc54)c4oc5ccccc5c34)cc2-c2ccc(-c3ccc4c(c3)C3(c5ccccc5-c5cc(N(c6ccc(-c7ccccc7)cc6)c6ccc7c(c6)oc6ccccc67)ccc53)c3ccccc3-4)cc21. The van der Waals surface area contributed by atoms with Gasteiger partial charge in [0.15, 0.2) is 0 Å². The fourth-order valence-electron chi connectivity index (χ4n) is 21.7. The topological polar surface area (TPSA) is 32.8 Å². The molecule has 5 aliphatic rings. The lowest BCUT2D eigenvalue weighted by atomic mass is 9.70. The molecule has 18 aromatic carbocycles. The Morgan fingerprint density at radius 1 is 0.205 bits per heavy atom. The first kappa shape index (κ1) is 65.7. The van der Waals surface area contributed by atoms with E-state index in [2.05, 4.69) is 418 Å². The highest BCUT2D eigenvalue weighted by Crippen LogP contribution is 2.67. The summed E-state index contributed by atoms with van der Waals surface area (Å²) in [6.45, 7) is 4.83. The smallest absolute Gasteiger partial charge is 0.145 e. The summed E-state index contributed by atoms with van der Waals surface area (Å²) in [6, 6.07) is 150. The maximum atomic E-state index is 7.39. The van der Waals surface area contributed by atoms with E-state index in [1.807, 2.05) is 6.07 Å². The van der Waals surface area contributed by atoms with Gasteiger partial charge in [-0.25, -0.2) is 0 Å². The van der Waals surface area contributed by atoms with Crippen molar-refractivity contribution < 1.29 is 8.83 Å². The van der Waals surface area contributed by atoms with Gasteiger partial charge in [0.05, 0.1) is 21.9 Å². The predicted octanol–water partition coefficient (Wildman–Crippen LogP) is 30.1. The van der Waals surface area contributed by atoms with Gasteiger partial charge in [-0.3, -0.25) is 0 Å². The summed E-state index contributed by atoms with van der Waals surface area (Å²) in [7, 11) is 0. The number of anilines is 6. The van der Waals surface area contributed by atoms with Crippen LogP contribution in [0, 0.1) is 0 Å². The van der Waals surface area contributed by atoms with Crippen molar-refractivity contribution in [3.05, 3.63) is 456 Å². The van der Waals surface area contributed by atoms with Crippen LogP contribution in [0.2, 0.25) is 0 Å². The molecule has 0 N–H and O–H groups in total. The molecule has 2 aromatic heterocycles. The number of fused-ring (bicyclic) bond motifs is 29. The third kappa shape index (κ3) is 9.13. The van der Waals surface area contributed by atoms with Gasteiger partial charge in [0, 0.05) is 61.6 Å². The van der Waals surface area contributed by atoms with Gasteiger partial charge < -0.3 is 18.6 Å². The molecule has 0 aliphatic heterocycles. The van der Waals surface area contributed by atoms with Crippen molar-refractivity contribution in [3.63, 3.8) is 0 Å². The van der Waals surface area contributed by atoms with Gasteiger partial charge in [0.1, 0.15) is 22.3 Å². The highest BCUT2D eigenvalue weighted by molar-refractivity contribution is 6.19. The third-order valence-electron chi connectivity index (χ3n) is 26.7. The van der Waals surface area contributed by atoms with Crippen molar-refractivity contribution in [2.45, 2.75) is 30.1 Å². The van der Waals surface area contributed by atoms with E-state index in [9.17, 15) is 0 Å². The maximum absolute atomic E-state index is 7.39. The number of nitrogens with zero attached hydrogens (tertiary/aromatic N) is 2. The first-order valence-electron chi connectivity index (χ1n) is 40.8. The number of furan rings is 2. The Labute approximate surface area is 678 Å². The van der Waals surface area contributed by atoms with Gasteiger partial charge in [0.25, 0.3) is 0 Å². The van der Waals surface area contributed by atoms with Crippen LogP contribution >= 0.6 is 0 Å². The summed E-state index contributed by atoms with van der Waals surface area (Å²) in [5, 5.41) is 4.34. The maximum Gasteiger partial charge on any atom is 0.145 e. The molecular weight excluding hydrogens is 1420 g/mol. The predicted molar refractivity (Wildman–Crippen MR) is 482 cm³/mol. The minimum atomic E-state index is -0.597. The van der Waals surface area contributed by atoms with Crippen LogP contribution in [0.15, 0.2) is 409 Å². The standard InChI is InChI=1S/C113H72N2O2/c1-111(2)94-61-55-78(115(76-52-46-72(47-53-76)70-26-7-4-8-27-70)104-63-60-89(110-109(104)91-34-15-22-43-106(91)117-110)88-35-23-41-101-108(88)90-33-13-20-40-99(90)112(101)95-36-16-9-28-80(95)81-29-10-17-37-96(81)112)67-92(94)85-58-49-73(64-102(85)111)74-48-57-84-82-30-11-18-38-97(82)113(103(84)65-74)98-39-19-12-31-83(98)93-66-77(56-62-100(93)113)114(75-50-44-71(45-51-75)69-24-5-3-6-25-69)79-54-59-87-86-32-14-21-42-105(86)116-107(87)68-79/h3-68H,1-2H3. The molecule has 2 heterocycles. The van der Waals surface area contributed by atoms with Crippen LogP contribution in [0.25, 0.3) is 144 Å². The number of hydrogen-bond donors (Lipinski definition) is 0. The van der Waals surface area contributed by atoms with Crippen molar-refractivity contribution in [3.8, 4) is 100 Å². The van der Waals surface area contributed by atoms with Gasteiger partial charge in [-0.05, 0) is 247 Å². The second-order valence-corrected chi connectivity index (χ2v) is 32.8. The zero-order valence-electron chi connectivity index (χ0n) is 64.3. The summed E-state index contributed by atoms with van der Waals surface area (Å²) in [5.74, 6) is 0. The van der Waals surface area contributed by atoms with Gasteiger partial charge >= 0.3 is 0 Å². The Morgan fingerprint density at radius 3 is 1.21 bits per heavy atom. The van der Waals surface area contributed by atoms with Crippen molar-refractivity contribution in [1.82, 2.24) is 0 Å². The fraction of sp³-hybridized carbons (Fsp3) is 0.0442. The molecule has 1 unspecified atom stereocenters. The van der Waals surface area contributed by atoms with Crippen LogP contribution in [0.5, 0.6) is 0 Å². The Balaban J connectivity index is 0.621. The second-order valence-electron chi connectivity index (χ2n) is 32.8. The van der Waals surface area contributed by atoms with E-state index in [0.29, 0.717) is 0 Å². The number of para-hydroxylation sites is 2. The number of hydrogen-bond acceptors (Lipinski definition) is 4. The van der Waals surface area contributed by atoms with Crippen molar-refractivity contribution >= 4 is 78.0 Å². The largest absolute Gasteiger partial charge is 0.456 e. The lowest BCUT2D eigenvalue weighted by Gasteiger charge is -2.31. The van der Waals surface area contributed by atoms with E-state index in [1.165, 1.54) is 139 Å². The molecule has 0 radical (unpaired) electrons. The lowest BCUT2D eigenvalue weighted by Crippen LogP contribution is -2.26. The number of benzene rings is 18. The Morgan fingerprint density at radius 2 is 0.590 bits per heavy atom. The molecule has 0 bridgehead atoms. The molecule has 0 saturated carbocycles. The van der Waals surface area contributed by atoms with E-state index in [-0.39, 0.29) is 5.41 Å². The normalized spacial score (nSPS) is 14.8. The fourth-order valence-corrected chi connectivity index (χ4v) is 21.7. The Hall–Kier alpha value is -14.8. The monoisotopic (exact) mass is 1490 g/mol. The zero-order valence-corrected chi connectivity index (χ0v) is 64.3. The molecule has 0 fully saturated rings. The van der Waals surface area contributed by atoms with E-state index >= 15 is 0 Å². The van der Waals surface area contributed by atoms with E-state index in [0.717, 1.165) is 94.7 Å². The van der Waals surface area contributed by atoms with Crippen LogP contribution in [-0.2, 0) is 16.2 Å². The second kappa shape index (κ2) is 24.6. The highest BCUT2D eigenvalue weighted by Gasteiger charge is 2.54. The molecule has 2 spiro atoms. The molecule has 0 amide bonds. The van der Waals surface area contributed by atoms with Crippen molar-refractivity contribution in [2.24, 2.45) is 0 Å². The van der Waals surface area contributed by atoms with Crippen LogP contribution in [-0.4, -0.2) is 0 Å². The summed E-state index contributed by atoms with van der Waals surface area (Å²) < 4.78 is 14.0. The minimum Gasteiger partial charge on any atom is -0.456 e. The zero-order chi connectivity index (χ0) is 77.0. The molecule has 25 rings (SSSR count). The quantitative estimate of drug-likeness (QED) is 0.137. The average molecular weight is 1490 g/mol. The summed E-state index contributed by atoms with van der Waals surface area (Å²) in [5.41, 5.74) is 43.2. The van der Waals surface area contributed by atoms with Crippen LogP contribution < -0.4 is 9.80 Å². The van der Waals surface area contributed by atoms with E-state index in [4.69, 9.17) is 8.83 Å². The summed E-state index contributed by atoms with van der Waals surface area (Å²) >= 11 is 0. The minimum absolute atomic E-state index is 0.336. The van der Waals surface area contributed by atoms with Crippen LogP contribution in [0.1, 0.15) is 69.5 Å². The average Bonchev–Trinajstić information content (AvgIpc) is 1.51. The molecular formula is C113H72N2O2. The van der Waals surface area contributed by atoms with E-state index < -0.39 is 10.8 Å². The highest BCUT2D eigenvalue weighted by atomic mass is 16.3. The van der Waals surface area contributed by atoms with Crippen LogP contribution in [0.4, 0.5) is 34.1 Å². The molecule has 20 aromatic rings. The van der Waals surface area contributed by atoms with Crippen molar-refractivity contribution in [2.75, 3.05) is 9.80 Å². The van der Waals surface area contributed by atoms with Crippen molar-refractivity contribution in [1.29, 1.82) is 0 Å². The summed E-state index contributed by atoms with van der Waals surface area (Å²) in [4.78, 5) is 4.88. The van der Waals surface area contributed by atoms with Gasteiger partial charge in [-0.1, -0.05) is 311 Å². The molecule has 1 atom stereocenters. The first-order chi connectivity index (χ1) is 57.8. The van der Waals surface area contributed by atoms with Gasteiger partial charge in [0.2, 0.25) is 0 Å². The van der Waals surface area contributed by atoms with E-state index in [1.54, 1.807) is 0 Å². The molecule has 117 heavy (non-hydrogen) atoms. The summed E-state index contributed by atoms with van der Waals surface area (Å²) in [6.07, 6.45) is 0. The molecule has 5 aliphatic carbocycles.